The Balaban J connectivity index is 2.53. The van der Waals surface area contributed by atoms with Gasteiger partial charge >= 0.3 is 5.97 Å². The SMILES string of the molecule is O=C(O)C1(c2ccc(Cl)c([N+](=O)[O-])c2)CCCO1. The number of ether oxygens (including phenoxy) is 1. The molecule has 18 heavy (non-hydrogen) atoms. The number of aliphatic carboxylic acids is 1. The van der Waals surface area contributed by atoms with Crippen molar-refractivity contribution in [2.45, 2.75) is 18.4 Å². The van der Waals surface area contributed by atoms with Crippen LogP contribution >= 0.6 is 11.6 Å². The lowest BCUT2D eigenvalue weighted by Gasteiger charge is -2.23. The van der Waals surface area contributed by atoms with Gasteiger partial charge in [0.1, 0.15) is 5.02 Å². The van der Waals surface area contributed by atoms with Crippen LogP contribution < -0.4 is 0 Å². The number of carboxylic acids is 1. The van der Waals surface area contributed by atoms with E-state index in [1.807, 2.05) is 0 Å². The summed E-state index contributed by atoms with van der Waals surface area (Å²) in [6.45, 7) is 0.322. The summed E-state index contributed by atoms with van der Waals surface area (Å²) in [7, 11) is 0. The maximum atomic E-state index is 11.4. The molecule has 7 heteroatoms. The maximum absolute atomic E-state index is 11.4. The molecule has 96 valence electrons. The molecule has 2 rings (SSSR count). The van der Waals surface area contributed by atoms with Crippen LogP contribution in [0.25, 0.3) is 0 Å². The molecule has 1 N–H and O–H groups in total. The zero-order chi connectivity index (χ0) is 13.3. The third kappa shape index (κ3) is 1.93. The number of benzene rings is 1. The van der Waals surface area contributed by atoms with E-state index < -0.39 is 16.5 Å². The molecule has 1 heterocycles. The molecule has 0 aromatic heterocycles. The molecule has 1 aliphatic rings. The van der Waals surface area contributed by atoms with Crippen molar-refractivity contribution in [3.63, 3.8) is 0 Å². The molecular weight excluding hydrogens is 262 g/mol. The Kier molecular flexibility index (Phi) is 3.23. The minimum atomic E-state index is -1.49. The molecule has 1 aromatic rings. The first kappa shape index (κ1) is 12.8. The van der Waals surface area contributed by atoms with Gasteiger partial charge in [0.05, 0.1) is 4.92 Å². The van der Waals surface area contributed by atoms with Gasteiger partial charge in [-0.3, -0.25) is 10.1 Å². The minimum Gasteiger partial charge on any atom is -0.479 e. The summed E-state index contributed by atoms with van der Waals surface area (Å²) in [6.07, 6.45) is 0.893. The summed E-state index contributed by atoms with van der Waals surface area (Å²) in [5.41, 5.74) is -1.55. The second kappa shape index (κ2) is 4.55. The summed E-state index contributed by atoms with van der Waals surface area (Å²) in [4.78, 5) is 21.5. The molecule has 1 aromatic carbocycles. The molecule has 1 aliphatic heterocycles. The first-order valence-corrected chi connectivity index (χ1v) is 5.67. The van der Waals surface area contributed by atoms with Crippen molar-refractivity contribution in [1.82, 2.24) is 0 Å². The van der Waals surface area contributed by atoms with Gasteiger partial charge in [-0.15, -0.1) is 0 Å². The van der Waals surface area contributed by atoms with Crippen molar-refractivity contribution in [3.8, 4) is 0 Å². The van der Waals surface area contributed by atoms with E-state index in [0.29, 0.717) is 19.4 Å². The lowest BCUT2D eigenvalue weighted by atomic mass is 9.90. The quantitative estimate of drug-likeness (QED) is 0.673. The molecule has 6 nitrogen and oxygen atoms in total. The summed E-state index contributed by atoms with van der Waals surface area (Å²) >= 11 is 5.69. The van der Waals surface area contributed by atoms with Crippen LogP contribution in [-0.2, 0) is 15.1 Å². The van der Waals surface area contributed by atoms with E-state index in [9.17, 15) is 20.0 Å². The molecule has 0 bridgehead atoms. The number of rotatable bonds is 3. The van der Waals surface area contributed by atoms with E-state index in [2.05, 4.69) is 0 Å². The molecule has 1 saturated heterocycles. The lowest BCUT2D eigenvalue weighted by Crippen LogP contribution is -2.34. The second-order valence-electron chi connectivity index (χ2n) is 4.01. The summed E-state index contributed by atoms with van der Waals surface area (Å²) in [6, 6.07) is 3.94. The molecule has 0 radical (unpaired) electrons. The fraction of sp³-hybridized carbons (Fsp3) is 0.364. The van der Waals surface area contributed by atoms with Crippen LogP contribution in [0.2, 0.25) is 5.02 Å². The van der Waals surface area contributed by atoms with Gasteiger partial charge in [-0.1, -0.05) is 17.7 Å². The topological polar surface area (TPSA) is 89.7 Å². The highest BCUT2D eigenvalue weighted by atomic mass is 35.5. The van der Waals surface area contributed by atoms with Crippen LogP contribution in [0.15, 0.2) is 18.2 Å². The number of carboxylic acid groups (broad SMARTS) is 1. The van der Waals surface area contributed by atoms with Gasteiger partial charge in [0, 0.05) is 18.2 Å². The number of halogens is 1. The van der Waals surface area contributed by atoms with Crippen LogP contribution in [-0.4, -0.2) is 22.6 Å². The average Bonchev–Trinajstić information content (AvgIpc) is 2.79. The Morgan fingerprint density at radius 1 is 1.56 bits per heavy atom. The lowest BCUT2D eigenvalue weighted by molar-refractivity contribution is -0.384. The summed E-state index contributed by atoms with van der Waals surface area (Å²) in [5, 5.41) is 20.1. The largest absolute Gasteiger partial charge is 0.479 e. The Morgan fingerprint density at radius 2 is 2.28 bits per heavy atom. The van der Waals surface area contributed by atoms with E-state index in [0.717, 1.165) is 0 Å². The highest BCUT2D eigenvalue weighted by Crippen LogP contribution is 2.39. The highest BCUT2D eigenvalue weighted by molar-refractivity contribution is 6.32. The van der Waals surface area contributed by atoms with Crippen molar-refractivity contribution in [1.29, 1.82) is 0 Å². The van der Waals surface area contributed by atoms with Crippen molar-refractivity contribution in [2.75, 3.05) is 6.61 Å². The van der Waals surface area contributed by atoms with E-state index in [1.54, 1.807) is 0 Å². The van der Waals surface area contributed by atoms with Crippen molar-refractivity contribution in [2.24, 2.45) is 0 Å². The molecule has 0 aliphatic carbocycles. The van der Waals surface area contributed by atoms with Gasteiger partial charge in [-0.25, -0.2) is 4.79 Å². The monoisotopic (exact) mass is 271 g/mol. The number of carbonyl (C=O) groups is 1. The standard InChI is InChI=1S/C11H10ClNO5/c12-8-3-2-7(6-9(8)13(16)17)11(10(14)15)4-1-5-18-11/h2-3,6H,1,4-5H2,(H,14,15). The molecule has 0 amide bonds. The number of hydrogen-bond donors (Lipinski definition) is 1. The number of nitrogens with zero attached hydrogens (tertiary/aromatic N) is 1. The van der Waals surface area contributed by atoms with Crippen LogP contribution in [0.3, 0.4) is 0 Å². The highest BCUT2D eigenvalue weighted by Gasteiger charge is 2.45. The van der Waals surface area contributed by atoms with E-state index in [-0.39, 0.29) is 16.3 Å². The normalized spacial score (nSPS) is 22.9. The zero-order valence-corrected chi connectivity index (χ0v) is 10.0. The van der Waals surface area contributed by atoms with Gasteiger partial charge < -0.3 is 9.84 Å². The zero-order valence-electron chi connectivity index (χ0n) is 9.26. The third-order valence-electron chi connectivity index (χ3n) is 2.98. The van der Waals surface area contributed by atoms with Gasteiger partial charge in [0.25, 0.3) is 5.69 Å². The van der Waals surface area contributed by atoms with Gasteiger partial charge in [0.2, 0.25) is 0 Å². The van der Waals surface area contributed by atoms with Crippen LogP contribution in [0.4, 0.5) is 5.69 Å². The first-order chi connectivity index (χ1) is 8.47. The Labute approximate surface area is 107 Å². The molecule has 1 atom stereocenters. The van der Waals surface area contributed by atoms with Gasteiger partial charge in [-0.05, 0) is 18.9 Å². The minimum absolute atomic E-state index is 0.0257. The van der Waals surface area contributed by atoms with Crippen molar-refractivity contribution >= 4 is 23.3 Å². The second-order valence-corrected chi connectivity index (χ2v) is 4.41. The molecule has 1 fully saturated rings. The van der Waals surface area contributed by atoms with Crippen molar-refractivity contribution < 1.29 is 19.6 Å². The van der Waals surface area contributed by atoms with Crippen LogP contribution in [0, 0.1) is 10.1 Å². The smallest absolute Gasteiger partial charge is 0.340 e. The third-order valence-corrected chi connectivity index (χ3v) is 3.30. The predicted molar refractivity (Wildman–Crippen MR) is 62.6 cm³/mol. The van der Waals surface area contributed by atoms with Gasteiger partial charge in [-0.2, -0.15) is 0 Å². The van der Waals surface area contributed by atoms with Gasteiger partial charge in [0.15, 0.2) is 5.60 Å². The first-order valence-electron chi connectivity index (χ1n) is 5.29. The Morgan fingerprint density at radius 3 is 2.78 bits per heavy atom. The molecule has 0 saturated carbocycles. The van der Waals surface area contributed by atoms with E-state index in [4.69, 9.17) is 16.3 Å². The Hall–Kier alpha value is -1.66. The fourth-order valence-corrected chi connectivity index (χ4v) is 2.25. The van der Waals surface area contributed by atoms with Crippen LogP contribution in [0.1, 0.15) is 18.4 Å². The van der Waals surface area contributed by atoms with Crippen molar-refractivity contribution in [3.05, 3.63) is 38.9 Å². The number of nitro groups is 1. The predicted octanol–water partition coefficient (Wildman–Crippen LogP) is 2.34. The molecule has 0 spiro atoms. The molecular formula is C11H10ClNO5. The number of hydrogen-bond acceptors (Lipinski definition) is 4. The van der Waals surface area contributed by atoms with E-state index >= 15 is 0 Å². The molecule has 1 unspecified atom stereocenters. The number of nitro benzene ring substituents is 1. The van der Waals surface area contributed by atoms with E-state index in [1.165, 1.54) is 18.2 Å². The van der Waals surface area contributed by atoms with Crippen LogP contribution in [0.5, 0.6) is 0 Å². The maximum Gasteiger partial charge on any atom is 0.340 e. The summed E-state index contributed by atoms with van der Waals surface area (Å²) in [5.74, 6) is -1.14. The average molecular weight is 272 g/mol. The fourth-order valence-electron chi connectivity index (χ4n) is 2.06. The summed E-state index contributed by atoms with van der Waals surface area (Å²) < 4.78 is 5.30. The Bertz CT molecular complexity index is 510.